The Hall–Kier alpha value is -2.57. The first-order chi connectivity index (χ1) is 14.7. The van der Waals surface area contributed by atoms with Gasteiger partial charge in [-0.1, -0.05) is 44.5 Å². The van der Waals surface area contributed by atoms with Crippen LogP contribution in [-0.4, -0.2) is 11.8 Å². The molecule has 7 heteroatoms. The maximum absolute atomic E-state index is 13.3. The van der Waals surface area contributed by atoms with Gasteiger partial charge in [0.25, 0.3) is 11.8 Å². The van der Waals surface area contributed by atoms with Crippen molar-refractivity contribution in [3.8, 4) is 0 Å². The second-order valence-electron chi connectivity index (χ2n) is 8.88. The fourth-order valence-corrected chi connectivity index (χ4v) is 5.48. The van der Waals surface area contributed by atoms with Crippen LogP contribution in [0.4, 0.5) is 10.7 Å². The Bertz CT molecular complexity index is 1110. The van der Waals surface area contributed by atoms with Crippen molar-refractivity contribution in [2.45, 2.75) is 40.0 Å². The molecule has 0 saturated heterocycles. The van der Waals surface area contributed by atoms with Crippen molar-refractivity contribution in [2.75, 3.05) is 10.6 Å². The maximum Gasteiger partial charge on any atom is 0.291 e. The molecule has 0 spiro atoms. The lowest BCUT2D eigenvalue weighted by atomic mass is 9.72. The third-order valence-corrected chi connectivity index (χ3v) is 7.31. The number of para-hydroxylation sites is 1. The number of carbonyl (C=O) groups excluding carboxylic acids is 2. The van der Waals surface area contributed by atoms with Crippen LogP contribution in [0.1, 0.15) is 58.5 Å². The molecule has 2 amide bonds. The van der Waals surface area contributed by atoms with E-state index in [0.29, 0.717) is 27.2 Å². The molecule has 0 fully saturated rings. The highest BCUT2D eigenvalue weighted by Crippen LogP contribution is 2.44. The van der Waals surface area contributed by atoms with Crippen molar-refractivity contribution >= 4 is 45.4 Å². The average molecular weight is 457 g/mol. The van der Waals surface area contributed by atoms with Crippen LogP contribution >= 0.6 is 22.9 Å². The maximum atomic E-state index is 13.3. The molecule has 1 atom stereocenters. The zero-order valence-electron chi connectivity index (χ0n) is 17.8. The van der Waals surface area contributed by atoms with Crippen molar-refractivity contribution in [3.63, 3.8) is 0 Å². The van der Waals surface area contributed by atoms with Crippen LogP contribution < -0.4 is 10.6 Å². The summed E-state index contributed by atoms with van der Waals surface area (Å²) in [5.74, 6) is 0.0838. The minimum absolute atomic E-state index is 0.180. The van der Waals surface area contributed by atoms with Gasteiger partial charge in [-0.15, -0.1) is 11.3 Å². The summed E-state index contributed by atoms with van der Waals surface area (Å²) in [5.41, 5.74) is 2.26. The largest absolute Gasteiger partial charge is 0.459 e. The first-order valence-corrected chi connectivity index (χ1v) is 11.5. The number of thiophene rings is 1. The Morgan fingerprint density at radius 1 is 1.10 bits per heavy atom. The van der Waals surface area contributed by atoms with Crippen LogP contribution in [0.5, 0.6) is 0 Å². The number of benzene rings is 1. The summed E-state index contributed by atoms with van der Waals surface area (Å²) in [7, 11) is 0. The molecule has 5 nitrogen and oxygen atoms in total. The molecule has 0 unspecified atom stereocenters. The van der Waals surface area contributed by atoms with E-state index in [4.69, 9.17) is 16.0 Å². The van der Waals surface area contributed by atoms with Gasteiger partial charge in [-0.2, -0.15) is 0 Å². The lowest BCUT2D eigenvalue weighted by molar-refractivity contribution is 0.0997. The summed E-state index contributed by atoms with van der Waals surface area (Å²) in [5, 5.41) is 6.82. The molecular weight excluding hydrogens is 432 g/mol. The SMILES string of the molecule is CC(C)(C)[C@H]1CCc2c(sc(NC(=O)c3ccco3)c2C(=O)Nc2ccccc2Cl)C1. The standard InChI is InChI=1S/C24H25ClN2O3S/c1-24(2,3)14-10-11-15-19(13-14)31-23(27-21(28)18-9-6-12-30-18)20(15)22(29)26-17-8-5-4-7-16(17)25/h4-9,12,14H,10-11,13H2,1-3H3,(H,26,29)(H,27,28)/t14-/m0/s1. The second kappa shape index (κ2) is 8.52. The van der Waals surface area contributed by atoms with Gasteiger partial charge in [0.05, 0.1) is 22.5 Å². The molecule has 2 aromatic heterocycles. The predicted molar refractivity (Wildman–Crippen MR) is 125 cm³/mol. The van der Waals surface area contributed by atoms with Crippen molar-refractivity contribution in [3.05, 3.63) is 69.4 Å². The molecule has 2 N–H and O–H groups in total. The van der Waals surface area contributed by atoms with Gasteiger partial charge < -0.3 is 15.1 Å². The van der Waals surface area contributed by atoms with Gasteiger partial charge in [-0.25, -0.2) is 0 Å². The third kappa shape index (κ3) is 4.55. The van der Waals surface area contributed by atoms with Crippen molar-refractivity contribution in [1.82, 2.24) is 0 Å². The van der Waals surface area contributed by atoms with Crippen molar-refractivity contribution in [1.29, 1.82) is 0 Å². The Balaban J connectivity index is 1.69. The minimum atomic E-state index is -0.372. The van der Waals surface area contributed by atoms with E-state index in [0.717, 1.165) is 29.7 Å². The number of rotatable bonds is 4. The van der Waals surface area contributed by atoms with E-state index in [-0.39, 0.29) is 23.0 Å². The number of halogens is 1. The van der Waals surface area contributed by atoms with Crippen LogP contribution in [0.3, 0.4) is 0 Å². The fraction of sp³-hybridized carbons (Fsp3) is 0.333. The number of nitrogens with one attached hydrogen (secondary N) is 2. The molecule has 0 saturated carbocycles. The Labute approximate surface area is 190 Å². The van der Waals surface area contributed by atoms with Gasteiger partial charge >= 0.3 is 0 Å². The predicted octanol–water partition coefficient (Wildman–Crippen LogP) is 6.65. The van der Waals surface area contributed by atoms with Crippen LogP contribution in [0.15, 0.2) is 47.1 Å². The summed E-state index contributed by atoms with van der Waals surface area (Å²) < 4.78 is 5.22. The molecule has 4 rings (SSSR count). The van der Waals surface area contributed by atoms with E-state index in [2.05, 4.69) is 31.4 Å². The smallest absolute Gasteiger partial charge is 0.291 e. The topological polar surface area (TPSA) is 71.3 Å². The van der Waals surface area contributed by atoms with E-state index in [9.17, 15) is 9.59 Å². The average Bonchev–Trinajstić information content (AvgIpc) is 3.36. The Morgan fingerprint density at radius 2 is 1.87 bits per heavy atom. The number of anilines is 2. The van der Waals surface area contributed by atoms with Gasteiger partial charge in [0.2, 0.25) is 0 Å². The number of hydrogen-bond acceptors (Lipinski definition) is 4. The van der Waals surface area contributed by atoms with Gasteiger partial charge in [0.15, 0.2) is 5.76 Å². The molecular formula is C24H25ClN2O3S. The minimum Gasteiger partial charge on any atom is -0.459 e. The molecule has 0 bridgehead atoms. The highest BCUT2D eigenvalue weighted by Gasteiger charge is 2.34. The van der Waals surface area contributed by atoms with Gasteiger partial charge in [0.1, 0.15) is 5.00 Å². The monoisotopic (exact) mass is 456 g/mol. The quantitative estimate of drug-likeness (QED) is 0.461. The lowest BCUT2D eigenvalue weighted by Crippen LogP contribution is -2.27. The second-order valence-corrected chi connectivity index (χ2v) is 10.4. The highest BCUT2D eigenvalue weighted by atomic mass is 35.5. The van der Waals surface area contributed by atoms with Crippen LogP contribution in [0.2, 0.25) is 5.02 Å². The molecule has 3 aromatic rings. The van der Waals surface area contributed by atoms with Gasteiger partial charge in [0, 0.05) is 4.88 Å². The van der Waals surface area contributed by atoms with Crippen molar-refractivity contribution in [2.24, 2.45) is 11.3 Å². The number of furan rings is 1. The molecule has 31 heavy (non-hydrogen) atoms. The Kier molecular flexibility index (Phi) is 5.95. The summed E-state index contributed by atoms with van der Waals surface area (Å²) in [6, 6.07) is 10.4. The first kappa shape index (κ1) is 21.7. The zero-order valence-corrected chi connectivity index (χ0v) is 19.3. The van der Waals surface area contributed by atoms with E-state index >= 15 is 0 Å². The van der Waals surface area contributed by atoms with E-state index in [1.807, 2.05) is 12.1 Å². The normalized spacial score (nSPS) is 15.9. The molecule has 1 aliphatic rings. The lowest BCUT2D eigenvalue weighted by Gasteiger charge is -2.33. The molecule has 0 radical (unpaired) electrons. The summed E-state index contributed by atoms with van der Waals surface area (Å²) >= 11 is 7.72. The van der Waals surface area contributed by atoms with Gasteiger partial charge in [-0.3, -0.25) is 9.59 Å². The zero-order chi connectivity index (χ0) is 22.2. The first-order valence-electron chi connectivity index (χ1n) is 10.3. The number of hydrogen-bond donors (Lipinski definition) is 2. The van der Waals surface area contributed by atoms with Crippen LogP contribution in [0, 0.1) is 11.3 Å². The molecule has 1 aromatic carbocycles. The highest BCUT2D eigenvalue weighted by molar-refractivity contribution is 7.17. The summed E-state index contributed by atoms with van der Waals surface area (Å²) in [6.07, 6.45) is 4.15. The van der Waals surface area contributed by atoms with E-state index in [1.54, 1.807) is 24.3 Å². The summed E-state index contributed by atoms with van der Waals surface area (Å²) in [4.78, 5) is 27.1. The Morgan fingerprint density at radius 3 is 2.55 bits per heavy atom. The number of carbonyl (C=O) groups is 2. The van der Waals surface area contributed by atoms with E-state index in [1.165, 1.54) is 17.6 Å². The summed E-state index contributed by atoms with van der Waals surface area (Å²) in [6.45, 7) is 6.75. The number of fused-ring (bicyclic) bond motifs is 1. The van der Waals surface area contributed by atoms with Crippen molar-refractivity contribution < 1.29 is 14.0 Å². The molecule has 162 valence electrons. The van der Waals surface area contributed by atoms with Crippen LogP contribution in [0.25, 0.3) is 0 Å². The molecule has 0 aliphatic heterocycles. The molecule has 1 aliphatic carbocycles. The van der Waals surface area contributed by atoms with Gasteiger partial charge in [-0.05, 0) is 60.4 Å². The van der Waals surface area contributed by atoms with E-state index < -0.39 is 0 Å². The fourth-order valence-electron chi connectivity index (χ4n) is 3.97. The molecule has 2 heterocycles. The number of amides is 2. The third-order valence-electron chi connectivity index (χ3n) is 5.81. The van der Waals surface area contributed by atoms with Crippen LogP contribution in [-0.2, 0) is 12.8 Å².